The van der Waals surface area contributed by atoms with Crippen LogP contribution in [0, 0.1) is 13.8 Å². The van der Waals surface area contributed by atoms with Crippen LogP contribution >= 0.6 is 0 Å². The molecule has 2 nitrogen and oxygen atoms in total. The lowest BCUT2D eigenvalue weighted by atomic mass is 10.0. The summed E-state index contributed by atoms with van der Waals surface area (Å²) in [5, 5.41) is 0. The fourth-order valence-corrected chi connectivity index (χ4v) is 1.88. The van der Waals surface area contributed by atoms with Gasteiger partial charge in [0.05, 0.1) is 7.11 Å². The molecule has 0 spiro atoms. The Bertz CT molecular complexity index is 637. The highest BCUT2D eigenvalue weighted by Crippen LogP contribution is 2.14. The molecule has 0 saturated carbocycles. The Hall–Kier alpha value is -2.35. The van der Waals surface area contributed by atoms with Gasteiger partial charge in [-0.2, -0.15) is 0 Å². The van der Waals surface area contributed by atoms with Gasteiger partial charge in [0.1, 0.15) is 5.75 Å². The second kappa shape index (κ2) is 6.20. The van der Waals surface area contributed by atoms with Gasteiger partial charge in [0.15, 0.2) is 5.78 Å². The van der Waals surface area contributed by atoms with Gasteiger partial charge in [-0.25, -0.2) is 0 Å². The summed E-state index contributed by atoms with van der Waals surface area (Å²) < 4.78 is 5.10. The van der Waals surface area contributed by atoms with Gasteiger partial charge in [-0.1, -0.05) is 30.3 Å². The first kappa shape index (κ1) is 14.1. The molecule has 0 saturated heterocycles. The van der Waals surface area contributed by atoms with Crippen molar-refractivity contribution in [1.29, 1.82) is 0 Å². The molecular formula is C18H18O2. The first-order chi connectivity index (χ1) is 9.60. The Morgan fingerprint density at radius 1 is 1.00 bits per heavy atom. The molecule has 102 valence electrons. The van der Waals surface area contributed by atoms with Crippen LogP contribution in [0.15, 0.2) is 48.5 Å². The Morgan fingerprint density at radius 3 is 2.30 bits per heavy atom. The van der Waals surface area contributed by atoms with Crippen molar-refractivity contribution in [3.63, 3.8) is 0 Å². The smallest absolute Gasteiger partial charge is 0.185 e. The molecule has 0 aliphatic carbocycles. The van der Waals surface area contributed by atoms with Crippen LogP contribution in [-0.2, 0) is 0 Å². The van der Waals surface area contributed by atoms with E-state index in [1.807, 2.05) is 62.4 Å². The number of hydrogen-bond donors (Lipinski definition) is 0. The van der Waals surface area contributed by atoms with E-state index >= 15 is 0 Å². The maximum atomic E-state index is 12.1. The van der Waals surface area contributed by atoms with Gasteiger partial charge in [-0.3, -0.25) is 4.79 Å². The third kappa shape index (κ3) is 3.35. The second-order valence-corrected chi connectivity index (χ2v) is 4.77. The maximum absolute atomic E-state index is 12.1. The van der Waals surface area contributed by atoms with Crippen molar-refractivity contribution in [2.24, 2.45) is 0 Å². The highest BCUT2D eigenvalue weighted by molar-refractivity contribution is 6.06. The van der Waals surface area contributed by atoms with Crippen molar-refractivity contribution in [2.75, 3.05) is 7.11 Å². The zero-order valence-corrected chi connectivity index (χ0v) is 12.0. The van der Waals surface area contributed by atoms with Crippen LogP contribution in [0.25, 0.3) is 6.08 Å². The first-order valence-electron chi connectivity index (χ1n) is 6.54. The predicted octanol–water partition coefficient (Wildman–Crippen LogP) is 4.21. The van der Waals surface area contributed by atoms with Crippen molar-refractivity contribution in [3.8, 4) is 5.75 Å². The van der Waals surface area contributed by atoms with E-state index in [4.69, 9.17) is 4.74 Å². The number of carbonyl (C=O) groups is 1. The fourth-order valence-electron chi connectivity index (χ4n) is 1.88. The predicted molar refractivity (Wildman–Crippen MR) is 82.3 cm³/mol. The summed E-state index contributed by atoms with van der Waals surface area (Å²) in [6.07, 6.45) is 3.42. The van der Waals surface area contributed by atoms with E-state index in [9.17, 15) is 4.79 Å². The Kier molecular flexibility index (Phi) is 4.36. The van der Waals surface area contributed by atoms with Crippen LogP contribution in [0.1, 0.15) is 27.0 Å². The third-order valence-corrected chi connectivity index (χ3v) is 3.33. The largest absolute Gasteiger partial charge is 0.497 e. The van der Waals surface area contributed by atoms with E-state index in [-0.39, 0.29) is 5.78 Å². The molecule has 0 amide bonds. The molecule has 0 radical (unpaired) electrons. The van der Waals surface area contributed by atoms with E-state index in [0.29, 0.717) is 0 Å². The van der Waals surface area contributed by atoms with Crippen LogP contribution in [0.4, 0.5) is 0 Å². The molecule has 2 aromatic carbocycles. The van der Waals surface area contributed by atoms with Crippen molar-refractivity contribution < 1.29 is 9.53 Å². The molecule has 2 heteroatoms. The molecule has 2 aromatic rings. The molecule has 20 heavy (non-hydrogen) atoms. The van der Waals surface area contributed by atoms with E-state index in [2.05, 4.69) is 0 Å². The molecule has 0 aromatic heterocycles. The topological polar surface area (TPSA) is 26.3 Å². The number of aryl methyl sites for hydroxylation is 2. The van der Waals surface area contributed by atoms with Gasteiger partial charge >= 0.3 is 0 Å². The summed E-state index contributed by atoms with van der Waals surface area (Å²) >= 11 is 0. The lowest BCUT2D eigenvalue weighted by Crippen LogP contribution is -1.95. The maximum Gasteiger partial charge on any atom is 0.185 e. The molecule has 0 fully saturated rings. The zero-order valence-electron chi connectivity index (χ0n) is 12.0. The minimum atomic E-state index is 0.0175. The Labute approximate surface area is 119 Å². The lowest BCUT2D eigenvalue weighted by molar-refractivity contribution is 0.104. The molecule has 0 atom stereocenters. The summed E-state index contributed by atoms with van der Waals surface area (Å²) in [5.41, 5.74) is 4.02. The SMILES string of the molecule is COc1ccc(C=CC(=O)c2ccc(C)c(C)c2)cc1. The quantitative estimate of drug-likeness (QED) is 0.612. The lowest BCUT2D eigenvalue weighted by Gasteiger charge is -2.02. The monoisotopic (exact) mass is 266 g/mol. The van der Waals surface area contributed by atoms with Crippen LogP contribution in [0.2, 0.25) is 0 Å². The van der Waals surface area contributed by atoms with E-state index in [1.165, 1.54) is 5.56 Å². The van der Waals surface area contributed by atoms with Crippen molar-refractivity contribution in [1.82, 2.24) is 0 Å². The van der Waals surface area contributed by atoms with Gasteiger partial charge in [-0.15, -0.1) is 0 Å². The minimum absolute atomic E-state index is 0.0175. The number of ketones is 1. The number of carbonyl (C=O) groups excluding carboxylic acids is 1. The molecule has 0 bridgehead atoms. The van der Waals surface area contributed by atoms with Gasteiger partial charge < -0.3 is 4.74 Å². The molecule has 0 unspecified atom stereocenters. The zero-order chi connectivity index (χ0) is 14.5. The highest BCUT2D eigenvalue weighted by atomic mass is 16.5. The van der Waals surface area contributed by atoms with Crippen LogP contribution in [0.3, 0.4) is 0 Å². The average Bonchev–Trinajstić information content (AvgIpc) is 2.48. The van der Waals surface area contributed by atoms with E-state index in [1.54, 1.807) is 13.2 Å². The molecule has 0 aliphatic rings. The standard InChI is InChI=1S/C18H18O2/c1-13-4-8-16(12-14(13)2)18(19)11-7-15-5-9-17(20-3)10-6-15/h4-12H,1-3H3. The summed E-state index contributed by atoms with van der Waals surface area (Å²) in [7, 11) is 1.63. The number of hydrogen-bond acceptors (Lipinski definition) is 2. The summed E-state index contributed by atoms with van der Waals surface area (Å²) in [6, 6.07) is 13.4. The molecule has 0 N–H and O–H groups in total. The van der Waals surface area contributed by atoms with Gasteiger partial charge in [0, 0.05) is 5.56 Å². The van der Waals surface area contributed by atoms with Crippen molar-refractivity contribution in [3.05, 3.63) is 70.8 Å². The van der Waals surface area contributed by atoms with E-state index in [0.717, 1.165) is 22.4 Å². The van der Waals surface area contributed by atoms with Gasteiger partial charge in [0.25, 0.3) is 0 Å². The number of ether oxygens (including phenoxy) is 1. The molecule has 0 aliphatic heterocycles. The number of benzene rings is 2. The van der Waals surface area contributed by atoms with Crippen molar-refractivity contribution in [2.45, 2.75) is 13.8 Å². The van der Waals surface area contributed by atoms with Crippen LogP contribution < -0.4 is 4.74 Å². The van der Waals surface area contributed by atoms with Gasteiger partial charge in [0.2, 0.25) is 0 Å². The average molecular weight is 266 g/mol. The first-order valence-corrected chi connectivity index (χ1v) is 6.54. The number of allylic oxidation sites excluding steroid dienone is 1. The minimum Gasteiger partial charge on any atom is -0.497 e. The summed E-state index contributed by atoms with van der Waals surface area (Å²) in [6.45, 7) is 4.05. The second-order valence-electron chi connectivity index (χ2n) is 4.77. The highest BCUT2D eigenvalue weighted by Gasteiger charge is 2.03. The molecule has 0 heterocycles. The summed E-state index contributed by atoms with van der Waals surface area (Å²) in [4.78, 5) is 12.1. The normalized spacial score (nSPS) is 10.8. The fraction of sp³-hybridized carbons (Fsp3) is 0.167. The van der Waals surface area contributed by atoms with Crippen LogP contribution in [0.5, 0.6) is 5.75 Å². The van der Waals surface area contributed by atoms with Gasteiger partial charge in [-0.05, 0) is 54.8 Å². The summed E-state index contributed by atoms with van der Waals surface area (Å²) in [5.74, 6) is 0.826. The number of methoxy groups -OCH3 is 1. The third-order valence-electron chi connectivity index (χ3n) is 3.33. The Morgan fingerprint density at radius 2 is 1.70 bits per heavy atom. The molecule has 2 rings (SSSR count). The number of rotatable bonds is 4. The Balaban J connectivity index is 2.13. The van der Waals surface area contributed by atoms with Crippen LogP contribution in [-0.4, -0.2) is 12.9 Å². The van der Waals surface area contributed by atoms with Crippen molar-refractivity contribution >= 4 is 11.9 Å². The van der Waals surface area contributed by atoms with E-state index < -0.39 is 0 Å². The molecular weight excluding hydrogens is 248 g/mol.